The molecule has 0 aliphatic carbocycles. The molecule has 1 aromatic carbocycles. The summed E-state index contributed by atoms with van der Waals surface area (Å²) in [7, 11) is 0. The third-order valence-corrected chi connectivity index (χ3v) is 1.95. The minimum Gasteiger partial charge on any atom is -0.376 e. The Hall–Kier alpha value is -1.97. The molecule has 98 valence electrons. The van der Waals surface area contributed by atoms with Crippen LogP contribution < -0.4 is 11.1 Å². The van der Waals surface area contributed by atoms with Gasteiger partial charge in [0.15, 0.2) is 5.11 Å². The van der Waals surface area contributed by atoms with E-state index < -0.39 is 39.0 Å². The zero-order chi connectivity index (χ0) is 14.1. The average molecular weight is 283 g/mol. The number of benzene rings is 1. The molecule has 0 aliphatic heterocycles. The number of nitrogens with one attached hydrogen (secondary N) is 1. The Balaban J connectivity index is 3.45. The first kappa shape index (κ1) is 14.1. The van der Waals surface area contributed by atoms with E-state index in [0.29, 0.717) is 0 Å². The number of nitro benzene ring substituents is 1. The van der Waals surface area contributed by atoms with Crippen LogP contribution in [0.25, 0.3) is 0 Å². The minimum atomic E-state index is -4.98. The number of nitrogens with two attached hydrogens (primary N) is 1. The van der Waals surface area contributed by atoms with Crippen molar-refractivity contribution >= 4 is 28.7 Å². The number of nitro groups is 1. The maximum atomic E-state index is 13.1. The van der Waals surface area contributed by atoms with Gasteiger partial charge in [0, 0.05) is 0 Å². The molecule has 0 aliphatic rings. The van der Waals surface area contributed by atoms with Crippen molar-refractivity contribution in [3.8, 4) is 0 Å². The van der Waals surface area contributed by atoms with E-state index in [1.807, 2.05) is 5.32 Å². The first-order chi connectivity index (χ1) is 8.12. The van der Waals surface area contributed by atoms with E-state index in [4.69, 9.17) is 5.73 Å². The highest BCUT2D eigenvalue weighted by atomic mass is 32.1. The van der Waals surface area contributed by atoms with Gasteiger partial charge in [-0.15, -0.1) is 0 Å². The van der Waals surface area contributed by atoms with Crippen LogP contribution in [-0.2, 0) is 6.18 Å². The average Bonchev–Trinajstić information content (AvgIpc) is 2.17. The van der Waals surface area contributed by atoms with E-state index >= 15 is 0 Å². The molecule has 0 bridgehead atoms. The van der Waals surface area contributed by atoms with Gasteiger partial charge in [0.25, 0.3) is 5.69 Å². The Labute approximate surface area is 103 Å². The molecule has 0 aromatic heterocycles. The van der Waals surface area contributed by atoms with Crippen molar-refractivity contribution in [3.63, 3.8) is 0 Å². The number of thiocarbonyl (C=S) groups is 1. The summed E-state index contributed by atoms with van der Waals surface area (Å²) < 4.78 is 50.3. The van der Waals surface area contributed by atoms with Crippen molar-refractivity contribution in [2.45, 2.75) is 6.18 Å². The Kier molecular flexibility index (Phi) is 3.70. The highest BCUT2D eigenvalue weighted by Crippen LogP contribution is 2.37. The number of rotatable bonds is 2. The molecular formula is C8H5F4N3O2S. The minimum absolute atomic E-state index is 0.156. The number of hydrogen-bond donors (Lipinski definition) is 2. The molecule has 5 nitrogen and oxygen atoms in total. The summed E-state index contributed by atoms with van der Waals surface area (Å²) in [6.07, 6.45) is -4.98. The molecule has 0 amide bonds. The van der Waals surface area contributed by atoms with Crippen LogP contribution in [0.4, 0.5) is 28.9 Å². The highest BCUT2D eigenvalue weighted by molar-refractivity contribution is 7.80. The fourth-order valence-electron chi connectivity index (χ4n) is 1.16. The molecule has 3 N–H and O–H groups in total. The van der Waals surface area contributed by atoms with Crippen LogP contribution in [-0.4, -0.2) is 10.0 Å². The predicted molar refractivity (Wildman–Crippen MR) is 58.5 cm³/mol. The van der Waals surface area contributed by atoms with Gasteiger partial charge in [-0.05, 0) is 18.3 Å². The van der Waals surface area contributed by atoms with E-state index in [1.165, 1.54) is 0 Å². The van der Waals surface area contributed by atoms with E-state index in [9.17, 15) is 27.7 Å². The molecule has 0 saturated carbocycles. The molecule has 0 atom stereocenters. The largest absolute Gasteiger partial charge is 0.419 e. The van der Waals surface area contributed by atoms with E-state index in [-0.39, 0.29) is 12.1 Å². The van der Waals surface area contributed by atoms with Crippen LogP contribution >= 0.6 is 12.2 Å². The predicted octanol–water partition coefficient (Wildman–Crippen LogP) is 2.41. The number of anilines is 1. The van der Waals surface area contributed by atoms with Gasteiger partial charge in [-0.25, -0.2) is 4.39 Å². The highest BCUT2D eigenvalue weighted by Gasteiger charge is 2.36. The Bertz CT molecular complexity index is 518. The molecule has 0 heterocycles. The van der Waals surface area contributed by atoms with Gasteiger partial charge in [-0.1, -0.05) is 0 Å². The summed E-state index contributed by atoms with van der Waals surface area (Å²) in [6, 6.07) is 0.399. The maximum Gasteiger partial charge on any atom is 0.419 e. The van der Waals surface area contributed by atoms with Crippen LogP contribution in [0.15, 0.2) is 12.1 Å². The molecule has 0 saturated heterocycles. The third kappa shape index (κ3) is 3.03. The molecule has 0 spiro atoms. The number of halogens is 4. The van der Waals surface area contributed by atoms with Crippen LogP contribution in [0, 0.1) is 15.9 Å². The maximum absolute atomic E-state index is 13.1. The van der Waals surface area contributed by atoms with Crippen molar-refractivity contribution < 1.29 is 22.5 Å². The number of hydrogen-bond acceptors (Lipinski definition) is 3. The van der Waals surface area contributed by atoms with Gasteiger partial charge in [0.05, 0.1) is 16.6 Å². The topological polar surface area (TPSA) is 81.2 Å². The number of nitrogens with zero attached hydrogens (tertiary/aromatic N) is 1. The summed E-state index contributed by atoms with van der Waals surface area (Å²) in [5.74, 6) is -1.75. The van der Waals surface area contributed by atoms with Gasteiger partial charge < -0.3 is 11.1 Å². The lowest BCUT2D eigenvalue weighted by Crippen LogP contribution is -2.20. The number of alkyl halides is 3. The summed E-state index contributed by atoms with van der Waals surface area (Å²) in [5, 5.41) is 12.1. The first-order valence-corrected chi connectivity index (χ1v) is 4.65. The molecule has 0 radical (unpaired) electrons. The smallest absolute Gasteiger partial charge is 0.376 e. The lowest BCUT2D eigenvalue weighted by molar-refractivity contribution is -0.384. The normalized spacial score (nSPS) is 11.1. The second-order valence-electron chi connectivity index (χ2n) is 3.09. The zero-order valence-corrected chi connectivity index (χ0v) is 9.23. The zero-order valence-electron chi connectivity index (χ0n) is 8.42. The Morgan fingerprint density at radius 3 is 2.39 bits per heavy atom. The first-order valence-electron chi connectivity index (χ1n) is 4.24. The fraction of sp³-hybridized carbons (Fsp3) is 0.125. The fourth-order valence-corrected chi connectivity index (χ4v) is 1.27. The van der Waals surface area contributed by atoms with Crippen molar-refractivity contribution in [1.29, 1.82) is 0 Å². The van der Waals surface area contributed by atoms with Gasteiger partial charge in [-0.3, -0.25) is 10.1 Å². The second kappa shape index (κ2) is 4.72. The van der Waals surface area contributed by atoms with Gasteiger partial charge in [0.1, 0.15) is 11.5 Å². The van der Waals surface area contributed by atoms with Crippen molar-refractivity contribution in [1.82, 2.24) is 0 Å². The van der Waals surface area contributed by atoms with Crippen LogP contribution in [0.2, 0.25) is 0 Å². The second-order valence-corrected chi connectivity index (χ2v) is 3.53. The summed E-state index contributed by atoms with van der Waals surface area (Å²) >= 11 is 4.36. The quantitative estimate of drug-likeness (QED) is 0.377. The molecule has 0 fully saturated rings. The van der Waals surface area contributed by atoms with Crippen LogP contribution in [0.3, 0.4) is 0 Å². The van der Waals surface area contributed by atoms with E-state index in [2.05, 4.69) is 12.2 Å². The van der Waals surface area contributed by atoms with Gasteiger partial charge >= 0.3 is 6.18 Å². The lowest BCUT2D eigenvalue weighted by Gasteiger charge is -2.11. The Morgan fingerprint density at radius 1 is 1.44 bits per heavy atom. The SMILES string of the molecule is NC(=S)Nc1cc(C(F)(F)F)c(F)cc1[N+](=O)[O-]. The van der Waals surface area contributed by atoms with Gasteiger partial charge in [-0.2, -0.15) is 13.2 Å². The summed E-state index contributed by atoms with van der Waals surface area (Å²) in [5.41, 5.74) is 1.85. The summed E-state index contributed by atoms with van der Waals surface area (Å²) in [6.45, 7) is 0. The Morgan fingerprint density at radius 2 is 2.00 bits per heavy atom. The van der Waals surface area contributed by atoms with Crippen molar-refractivity contribution in [3.05, 3.63) is 33.6 Å². The summed E-state index contributed by atoms with van der Waals surface area (Å²) in [4.78, 5) is 9.50. The molecular weight excluding hydrogens is 278 g/mol. The van der Waals surface area contributed by atoms with Crippen molar-refractivity contribution in [2.24, 2.45) is 5.73 Å². The molecule has 1 aromatic rings. The van der Waals surface area contributed by atoms with Crippen LogP contribution in [0.5, 0.6) is 0 Å². The third-order valence-electron chi connectivity index (χ3n) is 1.85. The van der Waals surface area contributed by atoms with Gasteiger partial charge in [0.2, 0.25) is 0 Å². The molecule has 10 heteroatoms. The molecule has 0 unspecified atom stereocenters. The molecule has 1 rings (SSSR count). The standard InChI is InChI=1S/C8H5F4N3O2S/c9-4-2-6(15(16)17)5(14-7(13)18)1-3(4)8(10,11)12/h1-2H,(H3,13,14,18). The van der Waals surface area contributed by atoms with Crippen LogP contribution in [0.1, 0.15) is 5.56 Å². The van der Waals surface area contributed by atoms with E-state index in [0.717, 1.165) is 0 Å². The van der Waals surface area contributed by atoms with Crippen molar-refractivity contribution in [2.75, 3.05) is 5.32 Å². The van der Waals surface area contributed by atoms with E-state index in [1.54, 1.807) is 0 Å². The monoisotopic (exact) mass is 283 g/mol. The lowest BCUT2D eigenvalue weighted by atomic mass is 10.1. The molecule has 18 heavy (non-hydrogen) atoms.